The molecule has 0 unspecified atom stereocenters. The van der Waals surface area contributed by atoms with Crippen molar-refractivity contribution in [3.63, 3.8) is 0 Å². The van der Waals surface area contributed by atoms with Gasteiger partial charge in [0.05, 0.1) is 9.50 Å². The first-order valence-electron chi connectivity index (χ1n) is 2.91. The van der Waals surface area contributed by atoms with Gasteiger partial charge < -0.3 is 0 Å². The molecule has 0 aromatic heterocycles. The maximum Gasteiger partial charge on any atom is 0.262 e. The topological polar surface area (TPSA) is 34.1 Å². The Morgan fingerprint density at radius 2 is 1.92 bits per heavy atom. The van der Waals surface area contributed by atoms with Crippen LogP contribution in [0, 0.1) is 5.82 Å². The lowest BCUT2D eigenvalue weighted by Crippen LogP contribution is -1.93. The van der Waals surface area contributed by atoms with E-state index in [2.05, 4.69) is 15.9 Å². The van der Waals surface area contributed by atoms with Crippen molar-refractivity contribution in [1.29, 1.82) is 0 Å². The Balaban J connectivity index is 3.50. The standard InChI is InChI=1S/C6H2BrCl2FO2S/c7-3-1-4(8)6(2-5(3)10)13(9,11)12/h1-2H. The lowest BCUT2D eigenvalue weighted by atomic mass is 10.3. The van der Waals surface area contributed by atoms with E-state index in [4.69, 9.17) is 22.3 Å². The molecule has 7 heteroatoms. The molecule has 2 nitrogen and oxygen atoms in total. The van der Waals surface area contributed by atoms with Crippen LogP contribution < -0.4 is 0 Å². The van der Waals surface area contributed by atoms with E-state index in [-0.39, 0.29) is 9.50 Å². The van der Waals surface area contributed by atoms with Crippen molar-refractivity contribution in [2.45, 2.75) is 4.90 Å². The first-order chi connectivity index (χ1) is 5.82. The number of rotatable bonds is 1. The molecule has 0 aliphatic rings. The van der Waals surface area contributed by atoms with Crippen molar-refractivity contribution >= 4 is 47.3 Å². The molecule has 0 fully saturated rings. The predicted molar refractivity (Wildman–Crippen MR) is 52.1 cm³/mol. The highest BCUT2D eigenvalue weighted by molar-refractivity contribution is 9.10. The first-order valence-corrected chi connectivity index (χ1v) is 6.39. The van der Waals surface area contributed by atoms with Gasteiger partial charge in [-0.2, -0.15) is 0 Å². The van der Waals surface area contributed by atoms with Gasteiger partial charge in [-0.25, -0.2) is 12.8 Å². The zero-order valence-electron chi connectivity index (χ0n) is 5.89. The Morgan fingerprint density at radius 1 is 1.38 bits per heavy atom. The van der Waals surface area contributed by atoms with Crippen molar-refractivity contribution in [3.8, 4) is 0 Å². The van der Waals surface area contributed by atoms with Gasteiger partial charge in [0.15, 0.2) is 0 Å². The molecule has 1 rings (SSSR count). The molecule has 0 saturated carbocycles. The number of halogens is 4. The van der Waals surface area contributed by atoms with E-state index in [1.54, 1.807) is 0 Å². The fourth-order valence-corrected chi connectivity index (χ4v) is 2.67. The van der Waals surface area contributed by atoms with Crippen molar-refractivity contribution in [2.24, 2.45) is 0 Å². The van der Waals surface area contributed by atoms with Gasteiger partial charge in [0.25, 0.3) is 9.05 Å². The van der Waals surface area contributed by atoms with Crippen LogP contribution in [0.4, 0.5) is 4.39 Å². The third kappa shape index (κ3) is 2.56. The highest BCUT2D eigenvalue weighted by atomic mass is 79.9. The molecule has 1 aromatic carbocycles. The van der Waals surface area contributed by atoms with Crippen molar-refractivity contribution < 1.29 is 12.8 Å². The van der Waals surface area contributed by atoms with E-state index in [1.807, 2.05) is 0 Å². The normalized spacial score (nSPS) is 11.7. The maximum atomic E-state index is 12.9. The number of hydrogen-bond acceptors (Lipinski definition) is 2. The molecule has 0 N–H and O–H groups in total. The first kappa shape index (κ1) is 11.2. The van der Waals surface area contributed by atoms with E-state index in [9.17, 15) is 12.8 Å². The largest absolute Gasteiger partial charge is 0.262 e. The van der Waals surface area contributed by atoms with Crippen molar-refractivity contribution in [2.75, 3.05) is 0 Å². The Bertz CT molecular complexity index is 446. The maximum absolute atomic E-state index is 12.9. The molecular formula is C6H2BrCl2FO2S. The predicted octanol–water partition coefficient (Wildman–Crippen LogP) is 3.17. The molecular weight excluding hydrogens is 306 g/mol. The smallest absolute Gasteiger partial charge is 0.207 e. The Labute approximate surface area is 92.2 Å². The summed E-state index contributed by atoms with van der Waals surface area (Å²) in [4.78, 5) is -0.434. The van der Waals surface area contributed by atoms with E-state index in [0.29, 0.717) is 0 Å². The van der Waals surface area contributed by atoms with Gasteiger partial charge in [-0.1, -0.05) is 11.6 Å². The molecule has 1 aromatic rings. The monoisotopic (exact) mass is 306 g/mol. The molecule has 0 atom stereocenters. The van der Waals surface area contributed by atoms with Gasteiger partial charge in [0.2, 0.25) is 0 Å². The molecule has 0 aliphatic heterocycles. The fraction of sp³-hybridized carbons (Fsp3) is 0. The third-order valence-electron chi connectivity index (χ3n) is 1.24. The van der Waals surface area contributed by atoms with Crippen molar-refractivity contribution in [1.82, 2.24) is 0 Å². The summed E-state index contributed by atoms with van der Waals surface area (Å²) >= 11 is 8.38. The molecule has 0 amide bonds. The lowest BCUT2D eigenvalue weighted by molar-refractivity contribution is 0.600. The minimum Gasteiger partial charge on any atom is -0.207 e. The zero-order valence-corrected chi connectivity index (χ0v) is 9.81. The summed E-state index contributed by atoms with van der Waals surface area (Å²) in [5.41, 5.74) is 0. The van der Waals surface area contributed by atoms with E-state index >= 15 is 0 Å². The van der Waals surface area contributed by atoms with Gasteiger partial charge in [-0.3, -0.25) is 0 Å². The fourth-order valence-electron chi connectivity index (χ4n) is 0.691. The molecule has 0 spiro atoms. The number of hydrogen-bond donors (Lipinski definition) is 0. The molecule has 0 radical (unpaired) electrons. The van der Waals surface area contributed by atoms with E-state index in [0.717, 1.165) is 12.1 Å². The average molecular weight is 308 g/mol. The van der Waals surface area contributed by atoms with E-state index < -0.39 is 19.8 Å². The summed E-state index contributed by atoms with van der Waals surface area (Å²) in [6.45, 7) is 0. The van der Waals surface area contributed by atoms with Crippen LogP contribution in [-0.2, 0) is 9.05 Å². The summed E-state index contributed by atoms with van der Waals surface area (Å²) < 4.78 is 34.6. The minimum atomic E-state index is -3.99. The van der Waals surface area contributed by atoms with Crippen LogP contribution in [0.15, 0.2) is 21.5 Å². The Morgan fingerprint density at radius 3 is 2.38 bits per heavy atom. The Hall–Kier alpha value is 0.160. The second-order valence-corrected chi connectivity index (χ2v) is 5.93. The van der Waals surface area contributed by atoms with Gasteiger partial charge in [-0.15, -0.1) is 0 Å². The Kier molecular flexibility index (Phi) is 3.22. The molecule has 0 aliphatic carbocycles. The SMILES string of the molecule is O=S(=O)(Cl)c1cc(F)c(Br)cc1Cl. The average Bonchev–Trinajstić information content (AvgIpc) is 1.94. The second-order valence-electron chi connectivity index (χ2n) is 2.13. The summed E-state index contributed by atoms with van der Waals surface area (Å²) in [6.07, 6.45) is 0. The summed E-state index contributed by atoms with van der Waals surface area (Å²) in [7, 11) is 1.00. The number of benzene rings is 1. The summed E-state index contributed by atoms with van der Waals surface area (Å²) in [5, 5.41) is -0.122. The lowest BCUT2D eigenvalue weighted by Gasteiger charge is -2.01. The van der Waals surface area contributed by atoms with Crippen LogP contribution >= 0.6 is 38.2 Å². The van der Waals surface area contributed by atoms with Crippen LogP contribution in [0.5, 0.6) is 0 Å². The molecule has 72 valence electrons. The van der Waals surface area contributed by atoms with Gasteiger partial charge in [0, 0.05) is 10.7 Å². The molecule has 0 heterocycles. The van der Waals surface area contributed by atoms with Crippen molar-refractivity contribution in [3.05, 3.63) is 27.4 Å². The molecule has 0 bridgehead atoms. The van der Waals surface area contributed by atoms with Crippen LogP contribution in [-0.4, -0.2) is 8.42 Å². The van der Waals surface area contributed by atoms with Crippen LogP contribution in [0.2, 0.25) is 5.02 Å². The van der Waals surface area contributed by atoms with Gasteiger partial charge >= 0.3 is 0 Å². The second kappa shape index (κ2) is 3.73. The highest BCUT2D eigenvalue weighted by Gasteiger charge is 2.17. The molecule has 0 saturated heterocycles. The quantitative estimate of drug-likeness (QED) is 0.590. The van der Waals surface area contributed by atoms with Crippen LogP contribution in [0.3, 0.4) is 0 Å². The minimum absolute atomic E-state index is 0.0848. The highest BCUT2D eigenvalue weighted by Crippen LogP contribution is 2.29. The van der Waals surface area contributed by atoms with Crippen LogP contribution in [0.25, 0.3) is 0 Å². The molecule has 13 heavy (non-hydrogen) atoms. The summed E-state index contributed by atoms with van der Waals surface area (Å²) in [6, 6.07) is 1.89. The van der Waals surface area contributed by atoms with E-state index in [1.165, 1.54) is 0 Å². The summed E-state index contributed by atoms with van der Waals surface area (Å²) in [5.74, 6) is -0.733. The van der Waals surface area contributed by atoms with Gasteiger partial charge in [0.1, 0.15) is 10.7 Å². The zero-order chi connectivity index (χ0) is 10.2. The van der Waals surface area contributed by atoms with Gasteiger partial charge in [-0.05, 0) is 28.1 Å². The van der Waals surface area contributed by atoms with Crippen LogP contribution in [0.1, 0.15) is 0 Å². The third-order valence-corrected chi connectivity index (χ3v) is 3.63.